The van der Waals surface area contributed by atoms with E-state index in [1.165, 1.54) is 0 Å². The Balaban J connectivity index is 2.26. The molecule has 4 N–H and O–H groups in total. The summed E-state index contributed by atoms with van der Waals surface area (Å²) in [6, 6.07) is 0. The Bertz CT molecular complexity index is 58.7. The van der Waals surface area contributed by atoms with Crippen molar-refractivity contribution >= 4 is 0 Å². The van der Waals surface area contributed by atoms with Crippen LogP contribution >= 0.6 is 0 Å². The average Bonchev–Trinajstić information content (AvgIpc) is 1.87. The predicted octanol–water partition coefficient (Wildman–Crippen LogP) is -0.634. The molecule has 0 aliphatic carbocycles. The zero-order valence-electron chi connectivity index (χ0n) is 4.13. The number of rotatable bonds is 0. The quantitative estimate of drug-likeness (QED) is 0.428. The molecule has 1 fully saturated rings. The summed E-state index contributed by atoms with van der Waals surface area (Å²) in [6.45, 7) is 0. The van der Waals surface area contributed by atoms with Crippen LogP contribution < -0.4 is 11.5 Å². The number of ether oxygens (including phenoxy) is 1. The summed E-state index contributed by atoms with van der Waals surface area (Å²) in [5, 5.41) is 0. The van der Waals surface area contributed by atoms with Crippen molar-refractivity contribution in [1.29, 1.82) is 0 Å². The smallest absolute Gasteiger partial charge is 0.107 e. The standard InChI is InChI=1S/C4H10N2O/c5-3-1-2-4(6)7-3/h3-4H,1-2,5-6H2. The summed E-state index contributed by atoms with van der Waals surface area (Å²) in [4.78, 5) is 0. The first-order chi connectivity index (χ1) is 3.29. The average molecular weight is 102 g/mol. The number of nitrogens with two attached hydrogens (primary N) is 2. The Labute approximate surface area is 42.6 Å². The molecule has 1 aliphatic rings. The molecule has 1 saturated heterocycles. The van der Waals surface area contributed by atoms with Crippen LogP contribution in [0.3, 0.4) is 0 Å². The van der Waals surface area contributed by atoms with Crippen LogP contribution in [0.4, 0.5) is 0 Å². The van der Waals surface area contributed by atoms with Gasteiger partial charge in [-0.2, -0.15) is 0 Å². The molecule has 2 atom stereocenters. The SMILES string of the molecule is NC1CCC(N)O1. The highest BCUT2D eigenvalue weighted by atomic mass is 16.5. The Kier molecular flexibility index (Phi) is 1.27. The first kappa shape index (κ1) is 5.03. The van der Waals surface area contributed by atoms with Crippen molar-refractivity contribution in [3.05, 3.63) is 0 Å². The highest BCUT2D eigenvalue weighted by Gasteiger charge is 2.17. The van der Waals surface area contributed by atoms with Crippen LogP contribution in [0, 0.1) is 0 Å². The summed E-state index contributed by atoms with van der Waals surface area (Å²) in [5.74, 6) is 0. The van der Waals surface area contributed by atoms with Gasteiger partial charge >= 0.3 is 0 Å². The summed E-state index contributed by atoms with van der Waals surface area (Å²) < 4.78 is 4.92. The van der Waals surface area contributed by atoms with E-state index in [2.05, 4.69) is 0 Å². The van der Waals surface area contributed by atoms with Gasteiger partial charge in [0.25, 0.3) is 0 Å². The number of hydrogen-bond acceptors (Lipinski definition) is 3. The minimum atomic E-state index is -0.102. The van der Waals surface area contributed by atoms with Gasteiger partial charge < -0.3 is 16.2 Å². The van der Waals surface area contributed by atoms with Gasteiger partial charge in [-0.15, -0.1) is 0 Å². The fraction of sp³-hybridized carbons (Fsp3) is 1.00. The lowest BCUT2D eigenvalue weighted by molar-refractivity contribution is 0.0532. The van der Waals surface area contributed by atoms with Crippen LogP contribution in [0.5, 0.6) is 0 Å². The molecule has 3 nitrogen and oxygen atoms in total. The Morgan fingerprint density at radius 3 is 1.71 bits per heavy atom. The van der Waals surface area contributed by atoms with Crippen molar-refractivity contribution in [2.45, 2.75) is 25.3 Å². The highest BCUT2D eigenvalue weighted by molar-refractivity contribution is 4.62. The van der Waals surface area contributed by atoms with E-state index in [0.29, 0.717) is 0 Å². The van der Waals surface area contributed by atoms with Gasteiger partial charge in [0.05, 0.1) is 0 Å². The lowest BCUT2D eigenvalue weighted by Gasteiger charge is -2.01. The molecule has 0 amide bonds. The summed E-state index contributed by atoms with van der Waals surface area (Å²) >= 11 is 0. The van der Waals surface area contributed by atoms with Gasteiger partial charge in [-0.1, -0.05) is 0 Å². The van der Waals surface area contributed by atoms with Crippen molar-refractivity contribution in [2.24, 2.45) is 11.5 Å². The van der Waals surface area contributed by atoms with E-state index in [1.807, 2.05) is 0 Å². The van der Waals surface area contributed by atoms with Gasteiger partial charge in [-0.05, 0) is 12.8 Å². The maximum atomic E-state index is 5.32. The van der Waals surface area contributed by atoms with Gasteiger partial charge in [-0.25, -0.2) is 0 Å². The molecule has 1 heterocycles. The number of hydrogen-bond donors (Lipinski definition) is 2. The third-order valence-corrected chi connectivity index (χ3v) is 1.09. The van der Waals surface area contributed by atoms with E-state index in [-0.39, 0.29) is 12.5 Å². The minimum Gasteiger partial charge on any atom is -0.346 e. The molecule has 0 aromatic rings. The van der Waals surface area contributed by atoms with Gasteiger partial charge in [0.1, 0.15) is 12.5 Å². The monoisotopic (exact) mass is 102 g/mol. The Morgan fingerprint density at radius 2 is 1.57 bits per heavy atom. The molecule has 0 radical (unpaired) electrons. The summed E-state index contributed by atoms with van der Waals surface area (Å²) in [5.41, 5.74) is 10.6. The van der Waals surface area contributed by atoms with Gasteiger partial charge in [0, 0.05) is 0 Å². The predicted molar refractivity (Wildman–Crippen MR) is 26.3 cm³/mol. The van der Waals surface area contributed by atoms with E-state index in [1.54, 1.807) is 0 Å². The zero-order chi connectivity index (χ0) is 5.28. The molecule has 1 aliphatic heterocycles. The van der Waals surface area contributed by atoms with Crippen LogP contribution in [-0.2, 0) is 4.74 Å². The van der Waals surface area contributed by atoms with E-state index in [9.17, 15) is 0 Å². The molecule has 1 rings (SSSR count). The van der Waals surface area contributed by atoms with Crippen LogP contribution in [0.1, 0.15) is 12.8 Å². The van der Waals surface area contributed by atoms with Crippen molar-refractivity contribution in [1.82, 2.24) is 0 Å². The molecule has 42 valence electrons. The van der Waals surface area contributed by atoms with E-state index in [0.717, 1.165) is 12.8 Å². The zero-order valence-corrected chi connectivity index (χ0v) is 4.13. The van der Waals surface area contributed by atoms with Crippen molar-refractivity contribution in [3.63, 3.8) is 0 Å². The molecular weight excluding hydrogens is 92.1 g/mol. The minimum absolute atomic E-state index is 0.102. The van der Waals surface area contributed by atoms with Crippen LogP contribution in [0.2, 0.25) is 0 Å². The maximum absolute atomic E-state index is 5.32. The Hall–Kier alpha value is -0.120. The fourth-order valence-corrected chi connectivity index (χ4v) is 0.689. The molecule has 0 aromatic heterocycles. The molecule has 2 unspecified atom stereocenters. The summed E-state index contributed by atoms with van der Waals surface area (Å²) in [6.07, 6.45) is 1.60. The molecule has 3 heteroatoms. The molecule has 0 saturated carbocycles. The van der Waals surface area contributed by atoms with Crippen molar-refractivity contribution in [3.8, 4) is 0 Å². The second kappa shape index (κ2) is 1.78. The van der Waals surface area contributed by atoms with Crippen LogP contribution in [0.15, 0.2) is 0 Å². The van der Waals surface area contributed by atoms with Gasteiger partial charge in [0.15, 0.2) is 0 Å². The molecule has 0 bridgehead atoms. The Morgan fingerprint density at radius 1 is 1.14 bits per heavy atom. The lowest BCUT2D eigenvalue weighted by atomic mass is 10.3. The van der Waals surface area contributed by atoms with Crippen molar-refractivity contribution in [2.75, 3.05) is 0 Å². The first-order valence-corrected chi connectivity index (χ1v) is 2.45. The second-order valence-corrected chi connectivity index (χ2v) is 1.79. The van der Waals surface area contributed by atoms with Gasteiger partial charge in [0.2, 0.25) is 0 Å². The lowest BCUT2D eigenvalue weighted by Crippen LogP contribution is -2.24. The van der Waals surface area contributed by atoms with Gasteiger partial charge in [-0.3, -0.25) is 0 Å². The third-order valence-electron chi connectivity index (χ3n) is 1.09. The molecular formula is C4H10N2O. The topological polar surface area (TPSA) is 61.3 Å². The van der Waals surface area contributed by atoms with E-state index in [4.69, 9.17) is 16.2 Å². The van der Waals surface area contributed by atoms with Crippen LogP contribution in [-0.4, -0.2) is 12.5 Å². The fourth-order valence-electron chi connectivity index (χ4n) is 0.689. The second-order valence-electron chi connectivity index (χ2n) is 1.79. The van der Waals surface area contributed by atoms with E-state index >= 15 is 0 Å². The largest absolute Gasteiger partial charge is 0.346 e. The normalized spacial score (nSPS) is 42.0. The highest BCUT2D eigenvalue weighted by Crippen LogP contribution is 2.10. The maximum Gasteiger partial charge on any atom is 0.107 e. The van der Waals surface area contributed by atoms with Crippen molar-refractivity contribution < 1.29 is 4.74 Å². The molecule has 0 spiro atoms. The third kappa shape index (κ3) is 1.12. The first-order valence-electron chi connectivity index (χ1n) is 2.45. The molecule has 0 aromatic carbocycles. The summed E-state index contributed by atoms with van der Waals surface area (Å²) in [7, 11) is 0. The molecule has 7 heavy (non-hydrogen) atoms. The van der Waals surface area contributed by atoms with E-state index < -0.39 is 0 Å². The van der Waals surface area contributed by atoms with Crippen LogP contribution in [0.25, 0.3) is 0 Å².